The van der Waals surface area contributed by atoms with E-state index in [1.165, 1.54) is 16.5 Å². The number of fused-ring (bicyclic) bond motifs is 1. The van der Waals surface area contributed by atoms with Crippen LogP contribution in [0.1, 0.15) is 28.4 Å². The summed E-state index contributed by atoms with van der Waals surface area (Å²) in [6.07, 6.45) is 1.83. The molecule has 4 aromatic rings. The summed E-state index contributed by atoms with van der Waals surface area (Å²) in [5.41, 5.74) is 5.72. The van der Waals surface area contributed by atoms with E-state index in [1.807, 2.05) is 30.5 Å². The van der Waals surface area contributed by atoms with E-state index in [0.29, 0.717) is 0 Å². The van der Waals surface area contributed by atoms with Gasteiger partial charge in [-0.05, 0) is 43.7 Å². The van der Waals surface area contributed by atoms with Gasteiger partial charge in [-0.25, -0.2) is 4.98 Å². The fraction of sp³-hybridized carbons (Fsp3) is 0.174. The maximum Gasteiger partial charge on any atom is 0.126 e. The number of aromatic nitrogens is 2. The molecule has 0 fully saturated rings. The van der Waals surface area contributed by atoms with Crippen molar-refractivity contribution in [3.05, 3.63) is 89.2 Å². The molecule has 0 unspecified atom stereocenters. The Morgan fingerprint density at radius 1 is 1.00 bits per heavy atom. The van der Waals surface area contributed by atoms with Crippen molar-refractivity contribution in [2.24, 2.45) is 0 Å². The van der Waals surface area contributed by atoms with Crippen LogP contribution in [0, 0.1) is 13.8 Å². The molecule has 0 spiro atoms. The van der Waals surface area contributed by atoms with Gasteiger partial charge in [0.05, 0.1) is 13.2 Å². The number of benzene rings is 2. The Hall–Kier alpha value is -3.27. The Morgan fingerprint density at radius 3 is 2.59 bits per heavy atom. The average Bonchev–Trinajstić information content (AvgIpc) is 3.02. The van der Waals surface area contributed by atoms with Gasteiger partial charge in [0.2, 0.25) is 0 Å². The van der Waals surface area contributed by atoms with Gasteiger partial charge in [0, 0.05) is 33.9 Å². The first-order chi connectivity index (χ1) is 13.2. The van der Waals surface area contributed by atoms with Gasteiger partial charge in [-0.15, -0.1) is 0 Å². The lowest BCUT2D eigenvalue weighted by molar-refractivity contribution is 0.408. The number of pyridine rings is 1. The fourth-order valence-electron chi connectivity index (χ4n) is 3.64. The molecule has 1 atom stereocenters. The summed E-state index contributed by atoms with van der Waals surface area (Å²) >= 11 is 0. The smallest absolute Gasteiger partial charge is 0.126 e. The minimum Gasteiger partial charge on any atom is -0.496 e. The van der Waals surface area contributed by atoms with Crippen molar-refractivity contribution >= 4 is 16.7 Å². The van der Waals surface area contributed by atoms with Crippen LogP contribution in [0.5, 0.6) is 5.75 Å². The number of methoxy groups -OCH3 is 1. The van der Waals surface area contributed by atoms with Crippen molar-refractivity contribution in [3.63, 3.8) is 0 Å². The largest absolute Gasteiger partial charge is 0.496 e. The van der Waals surface area contributed by atoms with Gasteiger partial charge in [-0.2, -0.15) is 0 Å². The normalized spacial score (nSPS) is 12.1. The third-order valence-electron chi connectivity index (χ3n) is 4.89. The second-order valence-electron chi connectivity index (χ2n) is 6.75. The van der Waals surface area contributed by atoms with E-state index in [-0.39, 0.29) is 6.04 Å². The van der Waals surface area contributed by atoms with Gasteiger partial charge in [-0.3, -0.25) is 0 Å². The van der Waals surface area contributed by atoms with Crippen LogP contribution in [0.3, 0.4) is 0 Å². The molecule has 0 saturated carbocycles. The van der Waals surface area contributed by atoms with Crippen LogP contribution in [0.15, 0.2) is 66.9 Å². The molecule has 2 aromatic carbocycles. The molecule has 0 aliphatic carbocycles. The van der Waals surface area contributed by atoms with Gasteiger partial charge in [0.1, 0.15) is 11.6 Å². The summed E-state index contributed by atoms with van der Waals surface area (Å²) in [5, 5.41) is 4.84. The zero-order chi connectivity index (χ0) is 18.8. The quantitative estimate of drug-likeness (QED) is 0.503. The van der Waals surface area contributed by atoms with E-state index in [0.717, 1.165) is 28.3 Å². The Balaban J connectivity index is 1.91. The molecule has 0 bridgehead atoms. The highest BCUT2D eigenvalue weighted by molar-refractivity contribution is 5.86. The number of nitrogens with zero attached hydrogens (tertiary/aromatic N) is 1. The number of para-hydroxylation sites is 2. The monoisotopic (exact) mass is 357 g/mol. The lowest BCUT2D eigenvalue weighted by atomic mass is 9.95. The number of nitrogens with one attached hydrogen (secondary N) is 2. The van der Waals surface area contributed by atoms with Crippen LogP contribution in [0.4, 0.5) is 5.82 Å². The summed E-state index contributed by atoms with van der Waals surface area (Å²) in [6.45, 7) is 4.19. The van der Waals surface area contributed by atoms with Gasteiger partial charge in [0.25, 0.3) is 0 Å². The van der Waals surface area contributed by atoms with Crippen LogP contribution in [0.2, 0.25) is 0 Å². The van der Waals surface area contributed by atoms with E-state index in [9.17, 15) is 0 Å². The molecular weight excluding hydrogens is 334 g/mol. The number of hydrogen-bond acceptors (Lipinski definition) is 3. The number of H-pyrrole nitrogens is 1. The summed E-state index contributed by atoms with van der Waals surface area (Å²) in [4.78, 5) is 8.03. The second-order valence-corrected chi connectivity index (χ2v) is 6.75. The highest BCUT2D eigenvalue weighted by Gasteiger charge is 2.24. The molecule has 2 aromatic heterocycles. The second kappa shape index (κ2) is 7.16. The summed E-state index contributed by atoms with van der Waals surface area (Å²) in [5.74, 6) is 1.70. The summed E-state index contributed by atoms with van der Waals surface area (Å²) in [7, 11) is 1.71. The van der Waals surface area contributed by atoms with Crippen molar-refractivity contribution in [2.45, 2.75) is 19.9 Å². The van der Waals surface area contributed by atoms with Gasteiger partial charge < -0.3 is 15.0 Å². The number of hydrogen-bond donors (Lipinski definition) is 2. The molecule has 2 heterocycles. The van der Waals surface area contributed by atoms with Crippen molar-refractivity contribution in [1.82, 2.24) is 9.97 Å². The van der Waals surface area contributed by atoms with Gasteiger partial charge in [0.15, 0.2) is 0 Å². The molecule has 4 heteroatoms. The molecule has 0 aliphatic heterocycles. The number of rotatable bonds is 5. The fourth-order valence-corrected chi connectivity index (χ4v) is 3.64. The average molecular weight is 357 g/mol. The molecule has 136 valence electrons. The van der Waals surface area contributed by atoms with Crippen molar-refractivity contribution in [2.75, 3.05) is 12.4 Å². The predicted molar refractivity (Wildman–Crippen MR) is 110 cm³/mol. The molecule has 0 aliphatic rings. The minimum atomic E-state index is -0.0911. The number of ether oxygens (including phenoxy) is 1. The topological polar surface area (TPSA) is 49.9 Å². The van der Waals surface area contributed by atoms with E-state index in [2.05, 4.69) is 65.5 Å². The van der Waals surface area contributed by atoms with Crippen molar-refractivity contribution in [1.29, 1.82) is 0 Å². The highest BCUT2D eigenvalue weighted by atomic mass is 16.5. The number of anilines is 1. The molecule has 4 rings (SSSR count). The molecule has 0 saturated heterocycles. The van der Waals surface area contributed by atoms with Crippen LogP contribution < -0.4 is 10.1 Å². The number of aryl methyl sites for hydroxylation is 2. The Kier molecular flexibility index (Phi) is 4.55. The molecular formula is C23H23N3O. The zero-order valence-corrected chi connectivity index (χ0v) is 15.8. The summed E-state index contributed by atoms with van der Waals surface area (Å²) in [6, 6.07) is 20.5. The van der Waals surface area contributed by atoms with Crippen LogP contribution in [0.25, 0.3) is 10.9 Å². The van der Waals surface area contributed by atoms with E-state index < -0.39 is 0 Å². The van der Waals surface area contributed by atoms with Gasteiger partial charge >= 0.3 is 0 Å². The molecule has 4 nitrogen and oxygen atoms in total. The van der Waals surface area contributed by atoms with Gasteiger partial charge in [-0.1, -0.05) is 36.4 Å². The van der Waals surface area contributed by atoms with E-state index in [1.54, 1.807) is 7.11 Å². The zero-order valence-electron chi connectivity index (χ0n) is 15.8. The first kappa shape index (κ1) is 17.2. The first-order valence-corrected chi connectivity index (χ1v) is 9.06. The SMILES string of the molecule is COc1ccccc1[C@H](Nc1cc(C)ccn1)c1c(C)[nH]c2ccccc12. The van der Waals surface area contributed by atoms with Crippen molar-refractivity contribution < 1.29 is 4.74 Å². The number of aromatic amines is 1. The van der Waals surface area contributed by atoms with Crippen LogP contribution in [-0.4, -0.2) is 17.1 Å². The molecule has 0 radical (unpaired) electrons. The maximum absolute atomic E-state index is 5.67. The Bertz CT molecular complexity index is 1080. The highest BCUT2D eigenvalue weighted by Crippen LogP contribution is 2.37. The summed E-state index contributed by atoms with van der Waals surface area (Å²) < 4.78 is 5.67. The minimum absolute atomic E-state index is 0.0911. The maximum atomic E-state index is 5.67. The van der Waals surface area contributed by atoms with E-state index >= 15 is 0 Å². The van der Waals surface area contributed by atoms with E-state index in [4.69, 9.17) is 4.74 Å². The molecule has 27 heavy (non-hydrogen) atoms. The van der Waals surface area contributed by atoms with Crippen molar-refractivity contribution in [3.8, 4) is 5.75 Å². The molecule has 2 N–H and O–H groups in total. The predicted octanol–water partition coefficient (Wildman–Crippen LogP) is 5.39. The Labute approximate surface area is 159 Å². The lowest BCUT2D eigenvalue weighted by Crippen LogP contribution is -2.15. The lowest BCUT2D eigenvalue weighted by Gasteiger charge is -2.23. The molecule has 0 amide bonds. The van der Waals surface area contributed by atoms with Crippen LogP contribution in [-0.2, 0) is 0 Å². The Morgan fingerprint density at radius 2 is 1.78 bits per heavy atom. The first-order valence-electron chi connectivity index (χ1n) is 9.06. The standard InChI is InChI=1S/C23H23N3O/c1-15-12-13-24-21(14-15)26-23(18-9-5-7-11-20(18)27-3)22-16(2)25-19-10-6-4-8-17(19)22/h4-14,23,25H,1-3H3,(H,24,26)/t23-/m0/s1. The third kappa shape index (κ3) is 3.26. The third-order valence-corrected chi connectivity index (χ3v) is 4.89. The van der Waals surface area contributed by atoms with Crippen LogP contribution >= 0.6 is 0 Å².